The zero-order chi connectivity index (χ0) is 22.1. The number of carboxylic acids is 1. The first-order valence-corrected chi connectivity index (χ1v) is 10.1. The van der Waals surface area contributed by atoms with Gasteiger partial charge in [-0.1, -0.05) is 18.2 Å². The Morgan fingerprint density at radius 3 is 2.55 bits per heavy atom. The van der Waals surface area contributed by atoms with Crippen LogP contribution in [0.15, 0.2) is 65.7 Å². The van der Waals surface area contributed by atoms with Crippen molar-refractivity contribution in [1.82, 2.24) is 0 Å². The van der Waals surface area contributed by atoms with Gasteiger partial charge in [-0.3, -0.25) is 0 Å². The molecule has 0 bridgehead atoms. The number of aryl methyl sites for hydroxylation is 1. The van der Waals surface area contributed by atoms with E-state index in [1.54, 1.807) is 30.3 Å². The number of para-hydroxylation sites is 1. The van der Waals surface area contributed by atoms with Crippen LogP contribution in [0.5, 0.6) is 0 Å². The molecule has 0 amide bonds. The van der Waals surface area contributed by atoms with Gasteiger partial charge in [-0.25, -0.2) is 14.2 Å². The molecule has 0 radical (unpaired) electrons. The maximum absolute atomic E-state index is 13.4. The van der Waals surface area contributed by atoms with Crippen LogP contribution in [0, 0.1) is 12.7 Å². The summed E-state index contributed by atoms with van der Waals surface area (Å²) in [4.78, 5) is 18.5. The largest absolute Gasteiger partial charge is 0.478 e. The van der Waals surface area contributed by atoms with Crippen molar-refractivity contribution < 1.29 is 14.3 Å². The summed E-state index contributed by atoms with van der Waals surface area (Å²) in [5, 5.41) is 12.9. The molecule has 3 aromatic carbocycles. The Hall–Kier alpha value is -3.67. The number of benzene rings is 3. The molecule has 1 aliphatic rings. The second kappa shape index (κ2) is 8.22. The summed E-state index contributed by atoms with van der Waals surface area (Å²) in [6.45, 7) is 6.58. The van der Waals surface area contributed by atoms with E-state index in [0.717, 1.165) is 33.9 Å². The number of hydrogen-bond donors (Lipinski definition) is 2. The monoisotopic (exact) mass is 417 g/mol. The number of carboxylic acid groups (broad SMARTS) is 1. The molecule has 0 spiro atoms. The minimum atomic E-state index is -0.968. The van der Waals surface area contributed by atoms with Crippen molar-refractivity contribution in [2.75, 3.05) is 10.2 Å². The highest BCUT2D eigenvalue weighted by Crippen LogP contribution is 2.36. The van der Waals surface area contributed by atoms with Gasteiger partial charge < -0.3 is 15.3 Å². The Morgan fingerprint density at radius 1 is 1.13 bits per heavy atom. The zero-order valence-corrected chi connectivity index (χ0v) is 17.7. The molecule has 6 heteroatoms. The molecule has 1 aliphatic heterocycles. The van der Waals surface area contributed by atoms with Crippen LogP contribution in [0.4, 0.5) is 21.5 Å². The number of hydrogen-bond acceptors (Lipinski definition) is 4. The Labute approximate surface area is 180 Å². The van der Waals surface area contributed by atoms with Crippen LogP contribution in [0.25, 0.3) is 0 Å². The third kappa shape index (κ3) is 4.14. The standard InChI is InChI=1S/C25H24FN3O2/c1-15-12-21(16(2)27-23-7-5-4-6-20(23)25(30)31)22-14-29(17(3)28-24(22)13-15)19-10-8-18(26)9-11-19/h4-13,16,27H,14H2,1-3H3,(H,30,31). The number of fused-ring (bicyclic) bond motifs is 1. The van der Waals surface area contributed by atoms with Gasteiger partial charge in [0.1, 0.15) is 11.7 Å². The Balaban J connectivity index is 1.71. The fourth-order valence-corrected chi connectivity index (χ4v) is 4.00. The van der Waals surface area contributed by atoms with Gasteiger partial charge in [-0.05, 0) is 74.4 Å². The third-order valence-corrected chi connectivity index (χ3v) is 5.53. The van der Waals surface area contributed by atoms with Crippen LogP contribution in [-0.2, 0) is 6.54 Å². The smallest absolute Gasteiger partial charge is 0.337 e. The number of aliphatic imine (C=N–C) groups is 1. The summed E-state index contributed by atoms with van der Waals surface area (Å²) in [5.74, 6) is -0.404. The van der Waals surface area contributed by atoms with E-state index in [0.29, 0.717) is 12.2 Å². The van der Waals surface area contributed by atoms with Crippen molar-refractivity contribution in [3.63, 3.8) is 0 Å². The summed E-state index contributed by atoms with van der Waals surface area (Å²) >= 11 is 0. The van der Waals surface area contributed by atoms with Gasteiger partial charge in [0.25, 0.3) is 0 Å². The Morgan fingerprint density at radius 2 is 1.84 bits per heavy atom. The molecule has 5 nitrogen and oxygen atoms in total. The SMILES string of the molecule is CC1=Nc2cc(C)cc(C(C)Nc3ccccc3C(=O)O)c2CN1c1ccc(F)cc1. The average molecular weight is 417 g/mol. The lowest BCUT2D eigenvalue weighted by atomic mass is 9.95. The van der Waals surface area contributed by atoms with Crippen molar-refractivity contribution in [2.45, 2.75) is 33.4 Å². The first kappa shape index (κ1) is 20.6. The van der Waals surface area contributed by atoms with Crippen molar-refractivity contribution in [2.24, 2.45) is 4.99 Å². The topological polar surface area (TPSA) is 64.9 Å². The number of anilines is 2. The van der Waals surface area contributed by atoms with Crippen molar-refractivity contribution >= 4 is 28.9 Å². The molecule has 4 rings (SSSR count). The van der Waals surface area contributed by atoms with Gasteiger partial charge in [0.2, 0.25) is 0 Å². The maximum Gasteiger partial charge on any atom is 0.337 e. The van der Waals surface area contributed by atoms with Gasteiger partial charge in [0, 0.05) is 23.0 Å². The first-order chi connectivity index (χ1) is 14.8. The van der Waals surface area contributed by atoms with Crippen LogP contribution in [-0.4, -0.2) is 16.9 Å². The summed E-state index contributed by atoms with van der Waals surface area (Å²) in [6, 6.07) is 17.3. The molecule has 0 aromatic heterocycles. The van der Waals surface area contributed by atoms with E-state index in [9.17, 15) is 14.3 Å². The number of halogens is 1. The molecule has 0 fully saturated rings. The number of rotatable bonds is 5. The molecule has 1 heterocycles. The molecule has 0 saturated heterocycles. The predicted octanol–water partition coefficient (Wildman–Crippen LogP) is 6.08. The molecule has 0 aliphatic carbocycles. The summed E-state index contributed by atoms with van der Waals surface area (Å²) in [6.07, 6.45) is 0. The minimum absolute atomic E-state index is 0.141. The van der Waals surface area contributed by atoms with Gasteiger partial charge >= 0.3 is 5.97 Å². The van der Waals surface area contributed by atoms with Crippen molar-refractivity contribution in [3.05, 3.63) is 88.7 Å². The fraction of sp³-hybridized carbons (Fsp3) is 0.200. The second-order valence-corrected chi connectivity index (χ2v) is 7.79. The van der Waals surface area contributed by atoms with E-state index >= 15 is 0 Å². The van der Waals surface area contributed by atoms with Gasteiger partial charge in [0.05, 0.1) is 17.8 Å². The molecule has 1 atom stereocenters. The Kier molecular flexibility index (Phi) is 5.46. The molecule has 1 unspecified atom stereocenters. The second-order valence-electron chi connectivity index (χ2n) is 7.79. The Bertz CT molecular complexity index is 1170. The lowest BCUT2D eigenvalue weighted by Gasteiger charge is -2.32. The third-order valence-electron chi connectivity index (χ3n) is 5.53. The van der Waals surface area contributed by atoms with E-state index in [1.165, 1.54) is 12.1 Å². The maximum atomic E-state index is 13.4. The van der Waals surface area contributed by atoms with E-state index in [4.69, 9.17) is 4.99 Å². The van der Waals surface area contributed by atoms with E-state index in [-0.39, 0.29) is 17.4 Å². The number of nitrogens with one attached hydrogen (secondary N) is 1. The fourth-order valence-electron chi connectivity index (χ4n) is 4.00. The normalized spacial score (nSPS) is 13.9. The van der Waals surface area contributed by atoms with E-state index in [1.807, 2.05) is 26.8 Å². The number of aromatic carboxylic acids is 1. The lowest BCUT2D eigenvalue weighted by Crippen LogP contribution is -2.31. The minimum Gasteiger partial charge on any atom is -0.478 e. The quantitative estimate of drug-likeness (QED) is 0.528. The first-order valence-electron chi connectivity index (χ1n) is 10.1. The van der Waals surface area contributed by atoms with Gasteiger partial charge in [0.15, 0.2) is 0 Å². The van der Waals surface area contributed by atoms with Crippen molar-refractivity contribution in [1.29, 1.82) is 0 Å². The highest BCUT2D eigenvalue weighted by molar-refractivity contribution is 5.99. The van der Waals surface area contributed by atoms with E-state index < -0.39 is 5.97 Å². The van der Waals surface area contributed by atoms with Crippen LogP contribution in [0.2, 0.25) is 0 Å². The summed E-state index contributed by atoms with van der Waals surface area (Å²) < 4.78 is 13.4. The highest BCUT2D eigenvalue weighted by Gasteiger charge is 2.24. The molecule has 31 heavy (non-hydrogen) atoms. The number of nitrogens with zero attached hydrogens (tertiary/aromatic N) is 2. The molecule has 158 valence electrons. The van der Waals surface area contributed by atoms with E-state index in [2.05, 4.69) is 22.3 Å². The van der Waals surface area contributed by atoms with Crippen LogP contribution in [0.1, 0.15) is 46.9 Å². The highest BCUT2D eigenvalue weighted by atomic mass is 19.1. The van der Waals surface area contributed by atoms with Crippen LogP contribution < -0.4 is 10.2 Å². The zero-order valence-electron chi connectivity index (χ0n) is 17.7. The summed E-state index contributed by atoms with van der Waals surface area (Å²) in [5.41, 5.74) is 5.79. The number of carbonyl (C=O) groups is 1. The molecule has 3 aromatic rings. The van der Waals surface area contributed by atoms with Crippen molar-refractivity contribution in [3.8, 4) is 0 Å². The van der Waals surface area contributed by atoms with Gasteiger partial charge in [-0.15, -0.1) is 0 Å². The molecular weight excluding hydrogens is 393 g/mol. The number of amidine groups is 1. The lowest BCUT2D eigenvalue weighted by molar-refractivity contribution is 0.0698. The predicted molar refractivity (Wildman–Crippen MR) is 122 cm³/mol. The molecule has 0 saturated carbocycles. The van der Waals surface area contributed by atoms with Crippen LogP contribution >= 0.6 is 0 Å². The van der Waals surface area contributed by atoms with Gasteiger partial charge in [-0.2, -0.15) is 0 Å². The summed E-state index contributed by atoms with van der Waals surface area (Å²) in [7, 11) is 0. The average Bonchev–Trinajstić information content (AvgIpc) is 2.73. The molecular formula is C25H24FN3O2. The molecule has 2 N–H and O–H groups in total. The van der Waals surface area contributed by atoms with Crippen LogP contribution in [0.3, 0.4) is 0 Å².